The molecule has 36 heavy (non-hydrogen) atoms. The molecule has 0 spiro atoms. The first kappa shape index (κ1) is 23.8. The van der Waals surface area contributed by atoms with Gasteiger partial charge in [0.05, 0.1) is 5.69 Å². The molecule has 4 aromatic rings. The molecule has 2 aromatic heterocycles. The van der Waals surface area contributed by atoms with Gasteiger partial charge in [0.2, 0.25) is 17.8 Å². The molecule has 8 nitrogen and oxygen atoms in total. The number of aromatic nitrogens is 4. The normalized spacial score (nSPS) is 13.9. The fraction of sp³-hybridized carbons (Fsp3) is 0.250. The van der Waals surface area contributed by atoms with Gasteiger partial charge in [0.1, 0.15) is 5.75 Å². The van der Waals surface area contributed by atoms with E-state index in [0.717, 1.165) is 43.6 Å². The van der Waals surface area contributed by atoms with E-state index < -0.39 is 6.36 Å². The Bertz CT molecular complexity index is 1290. The molecule has 3 heterocycles. The summed E-state index contributed by atoms with van der Waals surface area (Å²) in [6.07, 6.45) is -1.50. The number of anilines is 5. The van der Waals surface area contributed by atoms with Crippen LogP contribution in [0.15, 0.2) is 60.0 Å². The van der Waals surface area contributed by atoms with Crippen LogP contribution in [-0.2, 0) is 0 Å². The molecule has 0 unspecified atom stereocenters. The Hall–Kier alpha value is -3.93. The van der Waals surface area contributed by atoms with E-state index in [1.807, 2.05) is 35.7 Å². The van der Waals surface area contributed by atoms with Crippen LogP contribution in [0.25, 0.3) is 11.3 Å². The highest BCUT2D eigenvalue weighted by atomic mass is 32.1. The maximum absolute atomic E-state index is 12.5. The average molecular weight is 514 g/mol. The summed E-state index contributed by atoms with van der Waals surface area (Å²) in [5.41, 5.74) is 2.35. The van der Waals surface area contributed by atoms with Gasteiger partial charge in [-0.1, -0.05) is 30.3 Å². The Balaban J connectivity index is 1.38. The van der Waals surface area contributed by atoms with Crippen molar-refractivity contribution in [2.24, 2.45) is 0 Å². The lowest BCUT2D eigenvalue weighted by Gasteiger charge is -2.27. The van der Waals surface area contributed by atoms with Crippen LogP contribution in [0.5, 0.6) is 5.75 Å². The smallest absolute Gasteiger partial charge is 0.406 e. The molecule has 1 fully saturated rings. The lowest BCUT2D eigenvalue weighted by molar-refractivity contribution is -0.274. The molecular formula is C24H22F3N7OS. The standard InChI is InChI=1S/C24H22F3N7OS/c25-24(26,27)35-18-11-9-17(10-12-18)28-20-30-21(32-22(31-20)34-13-5-2-6-14-34)33-23-29-19(15-36-23)16-7-3-1-4-8-16/h1,3-4,7-12,15H,2,5-6,13-14H2,(H2,28,29,30,31,32,33). The zero-order valence-corrected chi connectivity index (χ0v) is 19.8. The average Bonchev–Trinajstić information content (AvgIpc) is 3.34. The Morgan fingerprint density at radius 1 is 0.806 bits per heavy atom. The second-order valence-corrected chi connectivity index (χ2v) is 8.91. The number of hydrogen-bond donors (Lipinski definition) is 2. The van der Waals surface area contributed by atoms with E-state index in [1.54, 1.807) is 0 Å². The van der Waals surface area contributed by atoms with Crippen molar-refractivity contribution in [3.63, 3.8) is 0 Å². The van der Waals surface area contributed by atoms with Crippen LogP contribution >= 0.6 is 11.3 Å². The maximum atomic E-state index is 12.5. The molecule has 0 radical (unpaired) electrons. The van der Waals surface area contributed by atoms with Gasteiger partial charge in [-0.15, -0.1) is 24.5 Å². The third-order valence-electron chi connectivity index (χ3n) is 5.40. The molecule has 0 atom stereocenters. The molecule has 1 aliphatic heterocycles. The van der Waals surface area contributed by atoms with Gasteiger partial charge >= 0.3 is 6.36 Å². The SMILES string of the molecule is FC(F)(F)Oc1ccc(Nc2nc(Nc3nc(-c4ccccc4)cs3)nc(N3CCCCC3)n2)cc1. The summed E-state index contributed by atoms with van der Waals surface area (Å²) in [4.78, 5) is 20.4. The largest absolute Gasteiger partial charge is 0.573 e. The number of nitrogens with zero attached hydrogens (tertiary/aromatic N) is 5. The van der Waals surface area contributed by atoms with E-state index in [4.69, 9.17) is 0 Å². The predicted molar refractivity (Wildman–Crippen MR) is 133 cm³/mol. The Morgan fingerprint density at radius 3 is 2.19 bits per heavy atom. The number of alkyl halides is 3. The van der Waals surface area contributed by atoms with Crippen LogP contribution in [0.1, 0.15) is 19.3 Å². The minimum atomic E-state index is -4.75. The second kappa shape index (κ2) is 10.4. The molecule has 1 saturated heterocycles. The highest BCUT2D eigenvalue weighted by molar-refractivity contribution is 7.14. The molecule has 0 saturated carbocycles. The fourth-order valence-electron chi connectivity index (χ4n) is 3.75. The molecule has 12 heteroatoms. The van der Waals surface area contributed by atoms with Gasteiger partial charge in [0.25, 0.3) is 0 Å². The van der Waals surface area contributed by atoms with Crippen molar-refractivity contribution in [2.45, 2.75) is 25.6 Å². The highest BCUT2D eigenvalue weighted by Crippen LogP contribution is 2.29. The number of thiazole rings is 1. The first-order chi connectivity index (χ1) is 17.4. The molecule has 1 aliphatic rings. The number of hydrogen-bond acceptors (Lipinski definition) is 9. The Morgan fingerprint density at radius 2 is 1.50 bits per heavy atom. The van der Waals surface area contributed by atoms with Gasteiger partial charge in [-0.25, -0.2) is 4.98 Å². The lowest BCUT2D eigenvalue weighted by Crippen LogP contribution is -2.31. The monoisotopic (exact) mass is 513 g/mol. The van der Waals surface area contributed by atoms with Crippen LogP contribution in [0.4, 0.5) is 41.8 Å². The van der Waals surface area contributed by atoms with Crippen LogP contribution in [0.2, 0.25) is 0 Å². The van der Waals surface area contributed by atoms with Crippen molar-refractivity contribution < 1.29 is 17.9 Å². The fourth-order valence-corrected chi connectivity index (χ4v) is 4.46. The van der Waals surface area contributed by atoms with Crippen molar-refractivity contribution in [3.8, 4) is 17.0 Å². The Kier molecular flexibility index (Phi) is 6.85. The number of rotatable bonds is 7. The molecule has 5 rings (SSSR count). The molecular weight excluding hydrogens is 491 g/mol. The van der Waals surface area contributed by atoms with Crippen molar-refractivity contribution in [3.05, 3.63) is 60.0 Å². The van der Waals surface area contributed by atoms with E-state index in [2.05, 4.69) is 40.2 Å². The molecule has 0 amide bonds. The number of nitrogens with one attached hydrogen (secondary N) is 2. The van der Waals surface area contributed by atoms with Gasteiger partial charge in [0.15, 0.2) is 5.13 Å². The number of halogens is 3. The van der Waals surface area contributed by atoms with E-state index in [0.29, 0.717) is 22.7 Å². The summed E-state index contributed by atoms with van der Waals surface area (Å²) >= 11 is 1.43. The minimum Gasteiger partial charge on any atom is -0.406 e. The lowest BCUT2D eigenvalue weighted by atomic mass is 10.1. The molecule has 186 valence electrons. The van der Waals surface area contributed by atoms with Gasteiger partial charge in [0, 0.05) is 29.7 Å². The summed E-state index contributed by atoms with van der Waals surface area (Å²) < 4.78 is 41.3. The van der Waals surface area contributed by atoms with Crippen molar-refractivity contribution >= 4 is 40.0 Å². The number of piperidine rings is 1. The topological polar surface area (TPSA) is 88.1 Å². The maximum Gasteiger partial charge on any atom is 0.573 e. The van der Waals surface area contributed by atoms with Gasteiger partial charge in [-0.05, 0) is 43.5 Å². The second-order valence-electron chi connectivity index (χ2n) is 8.06. The van der Waals surface area contributed by atoms with Crippen molar-refractivity contribution in [1.82, 2.24) is 19.9 Å². The van der Waals surface area contributed by atoms with E-state index in [1.165, 1.54) is 35.6 Å². The summed E-state index contributed by atoms with van der Waals surface area (Å²) in [6, 6.07) is 15.2. The van der Waals surface area contributed by atoms with Gasteiger partial charge in [-0.2, -0.15) is 15.0 Å². The summed E-state index contributed by atoms with van der Waals surface area (Å²) in [6.45, 7) is 1.67. The zero-order valence-electron chi connectivity index (χ0n) is 19.0. The first-order valence-corrected chi connectivity index (χ1v) is 12.2. The Labute approximate surface area is 209 Å². The number of benzene rings is 2. The molecule has 0 bridgehead atoms. The summed E-state index contributed by atoms with van der Waals surface area (Å²) in [7, 11) is 0. The zero-order chi connectivity index (χ0) is 25.0. The van der Waals surface area contributed by atoms with Gasteiger partial charge < -0.3 is 15.0 Å². The summed E-state index contributed by atoms with van der Waals surface area (Å²) in [5.74, 6) is 0.793. The first-order valence-electron chi connectivity index (χ1n) is 11.3. The van der Waals surface area contributed by atoms with Crippen molar-refractivity contribution in [2.75, 3.05) is 28.6 Å². The summed E-state index contributed by atoms with van der Waals surface area (Å²) in [5, 5.41) is 8.80. The van der Waals surface area contributed by atoms with E-state index in [9.17, 15) is 13.2 Å². The predicted octanol–water partition coefficient (Wildman–Crippen LogP) is 6.37. The highest BCUT2D eigenvalue weighted by Gasteiger charge is 2.31. The van der Waals surface area contributed by atoms with Crippen LogP contribution in [0, 0.1) is 0 Å². The van der Waals surface area contributed by atoms with E-state index in [-0.39, 0.29) is 11.7 Å². The molecule has 2 N–H and O–H groups in total. The number of ether oxygens (including phenoxy) is 1. The third-order valence-corrected chi connectivity index (χ3v) is 6.16. The van der Waals surface area contributed by atoms with Crippen LogP contribution < -0.4 is 20.3 Å². The van der Waals surface area contributed by atoms with Crippen LogP contribution in [0.3, 0.4) is 0 Å². The minimum absolute atomic E-state index is 0.261. The molecule has 0 aliphatic carbocycles. The van der Waals surface area contributed by atoms with Gasteiger partial charge in [-0.3, -0.25) is 5.32 Å². The molecule has 2 aromatic carbocycles. The van der Waals surface area contributed by atoms with Crippen molar-refractivity contribution in [1.29, 1.82) is 0 Å². The third kappa shape index (κ3) is 6.19. The van der Waals surface area contributed by atoms with Crippen LogP contribution in [-0.4, -0.2) is 39.4 Å². The quantitative estimate of drug-likeness (QED) is 0.295. The van der Waals surface area contributed by atoms with E-state index >= 15 is 0 Å².